The van der Waals surface area contributed by atoms with Gasteiger partial charge in [-0.15, -0.1) is 0 Å². The zero-order valence-corrected chi connectivity index (χ0v) is 8.73. The lowest BCUT2D eigenvalue weighted by molar-refractivity contribution is 0.519. The van der Waals surface area contributed by atoms with E-state index < -0.39 is 0 Å². The molecule has 2 aromatic rings. The van der Waals surface area contributed by atoms with Crippen LogP contribution in [0.1, 0.15) is 11.3 Å². The van der Waals surface area contributed by atoms with Crippen molar-refractivity contribution in [3.8, 4) is 11.5 Å². The summed E-state index contributed by atoms with van der Waals surface area (Å²) < 4.78 is 5.56. The molecule has 3 heteroatoms. The quantitative estimate of drug-likeness (QED) is 0.829. The fraction of sp³-hybridized carbons (Fsp3) is 0.250. The Hall–Kier alpha value is -1.61. The summed E-state index contributed by atoms with van der Waals surface area (Å²) in [6.45, 7) is 2.64. The Labute approximate surface area is 88.9 Å². The van der Waals surface area contributed by atoms with E-state index in [4.69, 9.17) is 10.2 Å². The van der Waals surface area contributed by atoms with E-state index in [9.17, 15) is 0 Å². The van der Waals surface area contributed by atoms with Gasteiger partial charge in [0.1, 0.15) is 5.76 Å². The van der Waals surface area contributed by atoms with Gasteiger partial charge in [-0.3, -0.25) is 0 Å². The van der Waals surface area contributed by atoms with Gasteiger partial charge >= 0.3 is 0 Å². The molecule has 0 atom stereocenters. The monoisotopic (exact) mass is 202 g/mol. The second-order valence-electron chi connectivity index (χ2n) is 3.54. The van der Waals surface area contributed by atoms with Crippen LogP contribution in [-0.4, -0.2) is 11.5 Å². The van der Waals surface area contributed by atoms with E-state index in [-0.39, 0.29) is 0 Å². The molecule has 1 heterocycles. The maximum atomic E-state index is 5.56. The van der Waals surface area contributed by atoms with E-state index in [1.54, 1.807) is 6.20 Å². The van der Waals surface area contributed by atoms with Crippen molar-refractivity contribution in [3.05, 3.63) is 41.8 Å². The predicted octanol–water partition coefficient (Wildman–Crippen LogP) is 2.15. The minimum atomic E-state index is 0.586. The Morgan fingerprint density at radius 2 is 2.00 bits per heavy atom. The number of hydrogen-bond donors (Lipinski definition) is 1. The molecular weight excluding hydrogens is 188 g/mol. The van der Waals surface area contributed by atoms with E-state index >= 15 is 0 Å². The molecule has 78 valence electrons. The third kappa shape index (κ3) is 2.25. The minimum Gasteiger partial charge on any atom is -0.441 e. The van der Waals surface area contributed by atoms with Crippen LogP contribution in [0.4, 0.5) is 0 Å². The first-order valence-electron chi connectivity index (χ1n) is 5.01. The topological polar surface area (TPSA) is 52.0 Å². The average Bonchev–Trinajstić information content (AvgIpc) is 2.68. The molecular formula is C12H14N2O. The second kappa shape index (κ2) is 4.28. The van der Waals surface area contributed by atoms with Crippen molar-refractivity contribution < 1.29 is 4.42 Å². The van der Waals surface area contributed by atoms with Crippen LogP contribution in [0, 0.1) is 6.92 Å². The predicted molar refractivity (Wildman–Crippen MR) is 59.4 cm³/mol. The first kappa shape index (κ1) is 9.93. The maximum absolute atomic E-state index is 5.56. The van der Waals surface area contributed by atoms with E-state index in [1.165, 1.54) is 5.56 Å². The summed E-state index contributed by atoms with van der Waals surface area (Å²) in [7, 11) is 0. The second-order valence-corrected chi connectivity index (χ2v) is 3.54. The van der Waals surface area contributed by atoms with Gasteiger partial charge in [0, 0.05) is 12.0 Å². The summed E-state index contributed by atoms with van der Waals surface area (Å²) in [6.07, 6.45) is 2.47. The Morgan fingerprint density at radius 3 is 2.67 bits per heavy atom. The van der Waals surface area contributed by atoms with Gasteiger partial charge in [0.25, 0.3) is 0 Å². The van der Waals surface area contributed by atoms with Crippen molar-refractivity contribution in [3.63, 3.8) is 0 Å². The fourth-order valence-corrected chi connectivity index (χ4v) is 1.39. The highest BCUT2D eigenvalue weighted by Gasteiger charge is 2.05. The molecule has 3 nitrogen and oxygen atoms in total. The van der Waals surface area contributed by atoms with Gasteiger partial charge in [0.2, 0.25) is 5.89 Å². The molecule has 0 aliphatic carbocycles. The highest BCUT2D eigenvalue weighted by atomic mass is 16.4. The molecule has 15 heavy (non-hydrogen) atoms. The molecule has 0 bridgehead atoms. The van der Waals surface area contributed by atoms with Gasteiger partial charge < -0.3 is 10.2 Å². The molecule has 0 aliphatic rings. The van der Waals surface area contributed by atoms with E-state index in [1.807, 2.05) is 24.3 Å². The lowest BCUT2D eigenvalue weighted by atomic mass is 10.1. The highest BCUT2D eigenvalue weighted by Crippen LogP contribution is 2.19. The Balaban J connectivity index is 2.25. The lowest BCUT2D eigenvalue weighted by Gasteiger charge is -1.96. The molecule has 0 aliphatic heterocycles. The van der Waals surface area contributed by atoms with E-state index in [2.05, 4.69) is 11.9 Å². The van der Waals surface area contributed by atoms with Crippen molar-refractivity contribution in [1.82, 2.24) is 4.98 Å². The van der Waals surface area contributed by atoms with Crippen molar-refractivity contribution in [2.45, 2.75) is 13.3 Å². The normalized spacial score (nSPS) is 10.5. The van der Waals surface area contributed by atoms with E-state index in [0.29, 0.717) is 12.4 Å². The molecule has 0 radical (unpaired) electrons. The lowest BCUT2D eigenvalue weighted by Crippen LogP contribution is -2.01. The molecule has 2 rings (SSSR count). The van der Waals surface area contributed by atoms with Crippen LogP contribution >= 0.6 is 0 Å². The van der Waals surface area contributed by atoms with Gasteiger partial charge in [-0.1, -0.05) is 17.7 Å². The Kier molecular flexibility index (Phi) is 2.83. The van der Waals surface area contributed by atoms with Gasteiger partial charge in [0.15, 0.2) is 0 Å². The van der Waals surface area contributed by atoms with Crippen LogP contribution in [0.3, 0.4) is 0 Å². The van der Waals surface area contributed by atoms with Gasteiger partial charge in [0.05, 0.1) is 6.20 Å². The fourth-order valence-electron chi connectivity index (χ4n) is 1.39. The summed E-state index contributed by atoms with van der Waals surface area (Å²) in [5.74, 6) is 1.51. The summed E-state index contributed by atoms with van der Waals surface area (Å²) in [6, 6.07) is 8.10. The molecule has 0 unspecified atom stereocenters. The van der Waals surface area contributed by atoms with Crippen LogP contribution in [0.25, 0.3) is 11.5 Å². The SMILES string of the molecule is Cc1ccc(-c2ncc(CCN)o2)cc1. The number of oxazole rings is 1. The Bertz CT molecular complexity index is 431. The summed E-state index contributed by atoms with van der Waals surface area (Å²) in [4.78, 5) is 4.21. The third-order valence-electron chi connectivity index (χ3n) is 2.24. The molecule has 1 aromatic heterocycles. The van der Waals surface area contributed by atoms with Crippen LogP contribution in [0.5, 0.6) is 0 Å². The molecule has 2 N–H and O–H groups in total. The third-order valence-corrected chi connectivity index (χ3v) is 2.24. The zero-order chi connectivity index (χ0) is 10.7. The number of benzene rings is 1. The summed E-state index contributed by atoms with van der Waals surface area (Å²) >= 11 is 0. The molecule has 0 spiro atoms. The molecule has 0 saturated carbocycles. The van der Waals surface area contributed by atoms with Crippen molar-refractivity contribution >= 4 is 0 Å². The number of rotatable bonds is 3. The molecule has 0 amide bonds. The number of nitrogens with zero attached hydrogens (tertiary/aromatic N) is 1. The van der Waals surface area contributed by atoms with Gasteiger partial charge in [-0.05, 0) is 25.6 Å². The smallest absolute Gasteiger partial charge is 0.226 e. The first-order chi connectivity index (χ1) is 7.29. The molecule has 0 fully saturated rings. The van der Waals surface area contributed by atoms with Crippen molar-refractivity contribution in [1.29, 1.82) is 0 Å². The van der Waals surface area contributed by atoms with Crippen LogP contribution < -0.4 is 5.73 Å². The van der Waals surface area contributed by atoms with Gasteiger partial charge in [-0.25, -0.2) is 4.98 Å². The molecule has 0 saturated heterocycles. The zero-order valence-electron chi connectivity index (χ0n) is 8.73. The summed E-state index contributed by atoms with van der Waals surface area (Å²) in [5.41, 5.74) is 7.67. The highest BCUT2D eigenvalue weighted by molar-refractivity contribution is 5.53. The van der Waals surface area contributed by atoms with Crippen LogP contribution in [0.2, 0.25) is 0 Å². The van der Waals surface area contributed by atoms with Crippen molar-refractivity contribution in [2.75, 3.05) is 6.54 Å². The minimum absolute atomic E-state index is 0.586. The maximum Gasteiger partial charge on any atom is 0.226 e. The number of nitrogens with two attached hydrogens (primary N) is 1. The van der Waals surface area contributed by atoms with Crippen LogP contribution in [0.15, 0.2) is 34.9 Å². The standard InChI is InChI=1S/C12H14N2O/c1-9-2-4-10(5-3-9)12-14-8-11(15-12)6-7-13/h2-5,8H,6-7,13H2,1H3. The first-order valence-corrected chi connectivity index (χ1v) is 5.01. The van der Waals surface area contributed by atoms with Crippen LogP contribution in [-0.2, 0) is 6.42 Å². The Morgan fingerprint density at radius 1 is 1.27 bits per heavy atom. The molecule has 1 aromatic carbocycles. The number of aryl methyl sites for hydroxylation is 1. The van der Waals surface area contributed by atoms with Crippen molar-refractivity contribution in [2.24, 2.45) is 5.73 Å². The number of hydrogen-bond acceptors (Lipinski definition) is 3. The largest absolute Gasteiger partial charge is 0.441 e. The number of aromatic nitrogens is 1. The average molecular weight is 202 g/mol. The van der Waals surface area contributed by atoms with E-state index in [0.717, 1.165) is 17.7 Å². The van der Waals surface area contributed by atoms with Gasteiger partial charge in [-0.2, -0.15) is 0 Å². The summed E-state index contributed by atoms with van der Waals surface area (Å²) in [5, 5.41) is 0.